The molecule has 0 aliphatic carbocycles. The highest BCUT2D eigenvalue weighted by Crippen LogP contribution is 2.38. The molecule has 0 saturated carbocycles. The van der Waals surface area contributed by atoms with Crippen molar-refractivity contribution in [3.05, 3.63) is 97.2 Å². The SMILES string of the molecule is CC/C=C\C/C=C\C/C=C\C/C=C\C/C=C\C/C=C\C/C=C\C/C=C\CCCCC(=O)NC(COP(=O)([O-])OCC[N+](C)(C)C)C(O)CCCCCCCCCCCCCCCCCCCCCCCCCCCC. The Labute approximate surface area is 464 Å². The topological polar surface area (TPSA) is 108 Å². The number of carbonyl (C=O) groups excluding carboxylic acids is 1. The van der Waals surface area contributed by atoms with Gasteiger partial charge in [0.05, 0.1) is 39.9 Å². The maximum absolute atomic E-state index is 13.0. The lowest BCUT2D eigenvalue weighted by Crippen LogP contribution is -2.46. The molecule has 434 valence electrons. The van der Waals surface area contributed by atoms with Crippen molar-refractivity contribution < 1.29 is 32.9 Å². The Kier molecular flexibility index (Phi) is 54.2. The molecule has 0 aliphatic heterocycles. The zero-order valence-corrected chi connectivity index (χ0v) is 50.4. The van der Waals surface area contributed by atoms with E-state index in [9.17, 15) is 19.4 Å². The van der Waals surface area contributed by atoms with Gasteiger partial charge in [-0.3, -0.25) is 9.36 Å². The molecule has 9 heteroatoms. The second kappa shape index (κ2) is 56.2. The van der Waals surface area contributed by atoms with Crippen molar-refractivity contribution in [2.75, 3.05) is 40.9 Å². The Balaban J connectivity index is 4.24. The van der Waals surface area contributed by atoms with Crippen molar-refractivity contribution in [2.45, 2.75) is 276 Å². The fraction of sp³-hybridized carbons (Fsp3) is 0.742. The van der Waals surface area contributed by atoms with E-state index in [1.807, 2.05) is 21.1 Å². The number of nitrogens with one attached hydrogen (secondary N) is 1. The summed E-state index contributed by atoms with van der Waals surface area (Å²) in [6.07, 6.45) is 80.3. The first kappa shape index (κ1) is 72.4. The Morgan fingerprint density at radius 2 is 0.813 bits per heavy atom. The highest BCUT2D eigenvalue weighted by atomic mass is 31.2. The number of likely N-dealkylation sites (N-methyl/N-ethyl adjacent to an activating group) is 1. The molecule has 0 heterocycles. The summed E-state index contributed by atoms with van der Waals surface area (Å²) in [6.45, 7) is 4.59. The molecule has 0 saturated heterocycles. The second-order valence-corrected chi connectivity index (χ2v) is 23.4. The summed E-state index contributed by atoms with van der Waals surface area (Å²) in [5.74, 6) is -0.208. The molecular formula is C66H119N2O6P. The van der Waals surface area contributed by atoms with Crippen molar-refractivity contribution in [3.8, 4) is 0 Å². The molecule has 1 amide bonds. The molecule has 0 fully saturated rings. The summed E-state index contributed by atoms with van der Waals surface area (Å²) in [5.41, 5.74) is 0. The van der Waals surface area contributed by atoms with Gasteiger partial charge in [-0.2, -0.15) is 0 Å². The average Bonchev–Trinajstić information content (AvgIpc) is 3.37. The first-order valence-corrected chi connectivity index (χ1v) is 32.5. The van der Waals surface area contributed by atoms with Crippen molar-refractivity contribution in [2.24, 2.45) is 0 Å². The Morgan fingerprint density at radius 1 is 0.480 bits per heavy atom. The van der Waals surface area contributed by atoms with Gasteiger partial charge in [-0.25, -0.2) is 0 Å². The van der Waals surface area contributed by atoms with Crippen LogP contribution in [0.25, 0.3) is 0 Å². The van der Waals surface area contributed by atoms with Crippen LogP contribution >= 0.6 is 7.82 Å². The molecule has 2 N–H and O–H groups in total. The number of quaternary nitrogens is 1. The van der Waals surface area contributed by atoms with Gasteiger partial charge in [-0.1, -0.05) is 278 Å². The smallest absolute Gasteiger partial charge is 0.268 e. The van der Waals surface area contributed by atoms with E-state index in [4.69, 9.17) is 9.05 Å². The number of phosphoric acid groups is 1. The fourth-order valence-corrected chi connectivity index (χ4v) is 9.49. The van der Waals surface area contributed by atoms with Crippen LogP contribution in [0.2, 0.25) is 0 Å². The van der Waals surface area contributed by atoms with Crippen LogP contribution in [0.15, 0.2) is 97.2 Å². The number of phosphoric ester groups is 1. The Morgan fingerprint density at radius 3 is 1.16 bits per heavy atom. The van der Waals surface area contributed by atoms with Gasteiger partial charge in [0.15, 0.2) is 0 Å². The number of aliphatic hydroxyl groups is 1. The van der Waals surface area contributed by atoms with Crippen LogP contribution in [-0.2, 0) is 18.4 Å². The van der Waals surface area contributed by atoms with E-state index in [2.05, 4.69) is 116 Å². The lowest BCUT2D eigenvalue weighted by molar-refractivity contribution is -0.870. The number of nitrogens with zero attached hydrogens (tertiary/aromatic N) is 1. The zero-order chi connectivity index (χ0) is 54.9. The number of amides is 1. The maximum Gasteiger partial charge on any atom is 0.268 e. The number of rotatable bonds is 56. The van der Waals surface area contributed by atoms with E-state index in [0.717, 1.165) is 83.5 Å². The Bertz CT molecular complexity index is 1540. The van der Waals surface area contributed by atoms with Crippen LogP contribution in [-0.4, -0.2) is 68.5 Å². The third kappa shape index (κ3) is 58.9. The van der Waals surface area contributed by atoms with Gasteiger partial charge in [0.1, 0.15) is 13.2 Å². The van der Waals surface area contributed by atoms with E-state index < -0.39 is 20.0 Å². The minimum absolute atomic E-state index is 0.00149. The number of hydrogen-bond donors (Lipinski definition) is 2. The summed E-state index contributed by atoms with van der Waals surface area (Å²) in [5, 5.41) is 14.0. The largest absolute Gasteiger partial charge is 0.756 e. The van der Waals surface area contributed by atoms with Gasteiger partial charge >= 0.3 is 0 Å². The van der Waals surface area contributed by atoms with E-state index in [0.29, 0.717) is 30.3 Å². The molecule has 8 nitrogen and oxygen atoms in total. The number of hydrogen-bond acceptors (Lipinski definition) is 6. The van der Waals surface area contributed by atoms with Crippen LogP contribution < -0.4 is 10.2 Å². The molecule has 0 aromatic carbocycles. The van der Waals surface area contributed by atoms with Crippen molar-refractivity contribution in [1.29, 1.82) is 0 Å². The Hall–Kier alpha value is -2.58. The number of allylic oxidation sites excluding steroid dienone is 16. The monoisotopic (exact) mass is 1070 g/mol. The molecule has 0 radical (unpaired) electrons. The van der Waals surface area contributed by atoms with Crippen LogP contribution in [0.4, 0.5) is 0 Å². The van der Waals surface area contributed by atoms with E-state index in [-0.39, 0.29) is 19.1 Å². The lowest BCUT2D eigenvalue weighted by atomic mass is 10.0. The van der Waals surface area contributed by atoms with Crippen LogP contribution in [0.3, 0.4) is 0 Å². The first-order chi connectivity index (χ1) is 36.5. The molecule has 0 aromatic heterocycles. The molecule has 0 rings (SSSR count). The molecule has 3 atom stereocenters. The molecule has 0 aromatic rings. The molecule has 0 aliphatic rings. The van der Waals surface area contributed by atoms with Gasteiger partial charge in [0.2, 0.25) is 5.91 Å². The average molecular weight is 1070 g/mol. The highest BCUT2D eigenvalue weighted by molar-refractivity contribution is 7.45. The molecule has 0 bridgehead atoms. The van der Waals surface area contributed by atoms with E-state index >= 15 is 0 Å². The van der Waals surface area contributed by atoms with Crippen LogP contribution in [0.5, 0.6) is 0 Å². The summed E-state index contributed by atoms with van der Waals surface area (Å²) < 4.78 is 23.4. The van der Waals surface area contributed by atoms with E-state index in [1.54, 1.807) is 0 Å². The van der Waals surface area contributed by atoms with E-state index in [1.165, 1.54) is 148 Å². The zero-order valence-electron chi connectivity index (χ0n) is 49.5. The third-order valence-corrected chi connectivity index (χ3v) is 14.6. The predicted molar refractivity (Wildman–Crippen MR) is 325 cm³/mol. The van der Waals surface area contributed by atoms with Gasteiger partial charge < -0.3 is 28.8 Å². The highest BCUT2D eigenvalue weighted by Gasteiger charge is 2.24. The van der Waals surface area contributed by atoms with Crippen molar-refractivity contribution in [1.82, 2.24) is 5.32 Å². The lowest BCUT2D eigenvalue weighted by Gasteiger charge is -2.30. The third-order valence-electron chi connectivity index (χ3n) is 13.6. The maximum atomic E-state index is 13.0. The molecular weight excluding hydrogens is 948 g/mol. The van der Waals surface area contributed by atoms with Gasteiger partial charge in [-0.05, 0) is 77.0 Å². The molecule has 75 heavy (non-hydrogen) atoms. The summed E-state index contributed by atoms with van der Waals surface area (Å²) in [7, 11) is 1.27. The normalized spacial score (nSPS) is 14.5. The van der Waals surface area contributed by atoms with Crippen LogP contribution in [0.1, 0.15) is 264 Å². The summed E-state index contributed by atoms with van der Waals surface area (Å²) >= 11 is 0. The van der Waals surface area contributed by atoms with Crippen molar-refractivity contribution >= 4 is 13.7 Å². The minimum atomic E-state index is -4.60. The van der Waals surface area contributed by atoms with Crippen molar-refractivity contribution in [3.63, 3.8) is 0 Å². The summed E-state index contributed by atoms with van der Waals surface area (Å²) in [6, 6.07) is -0.833. The second-order valence-electron chi connectivity index (χ2n) is 22.0. The first-order valence-electron chi connectivity index (χ1n) is 31.1. The number of aliphatic hydroxyl groups excluding tert-OH is 1. The fourth-order valence-electron chi connectivity index (χ4n) is 8.76. The van der Waals surface area contributed by atoms with Crippen LogP contribution in [0, 0.1) is 0 Å². The number of unbranched alkanes of at least 4 members (excludes halogenated alkanes) is 27. The molecule has 3 unspecified atom stereocenters. The standard InChI is InChI=1S/C66H119N2O6P/c1-6-8-10-12-14-16-18-20-22-24-26-28-30-32-34-36-38-40-42-44-46-48-50-52-54-56-58-60-66(70)67-64(63-74-75(71,72)73-62-61-68(3,4)5)65(69)59-57-55-53-51-49-47-45-43-41-39-37-35-33-31-29-27-25-23-21-19-17-15-13-11-9-7-2/h8,10,14,16,20,22,26,28,32,34,38,40,44,46,50,52,64-65,69H,6-7,9,11-13,15,17-19,21,23-25,27,29-31,33,35-37,39,41-43,45,47-49,51,53-63H2,1-5H3,(H-,67,70,71,72)/b10-8-,16-14-,22-20-,28-26-,34-32-,40-38-,46-44-,52-50-. The predicted octanol–water partition coefficient (Wildman–Crippen LogP) is 18.7. The van der Waals surface area contributed by atoms with Gasteiger partial charge in [0, 0.05) is 6.42 Å². The van der Waals surface area contributed by atoms with Gasteiger partial charge in [-0.15, -0.1) is 0 Å². The summed E-state index contributed by atoms with van der Waals surface area (Å²) in [4.78, 5) is 25.6. The number of carbonyl (C=O) groups is 1. The van der Waals surface area contributed by atoms with Gasteiger partial charge in [0.25, 0.3) is 7.82 Å². The molecule has 0 spiro atoms. The quantitative estimate of drug-likeness (QED) is 0.0272. The minimum Gasteiger partial charge on any atom is -0.756 e.